The molecule has 2 aromatic carbocycles. The van der Waals surface area contributed by atoms with Crippen molar-refractivity contribution in [2.45, 2.75) is 6.42 Å². The van der Waals surface area contributed by atoms with Crippen LogP contribution in [-0.2, 0) is 9.53 Å². The number of nitrogens with one attached hydrogen (secondary N) is 1. The molecule has 0 spiro atoms. The van der Waals surface area contributed by atoms with Crippen LogP contribution in [0, 0.1) is 0 Å². The van der Waals surface area contributed by atoms with Gasteiger partial charge in [0.05, 0.1) is 5.56 Å². The summed E-state index contributed by atoms with van der Waals surface area (Å²) < 4.78 is 5.21. The second-order valence-corrected chi connectivity index (χ2v) is 6.85. The molecule has 0 radical (unpaired) electrons. The molecule has 146 valence electrons. The Morgan fingerprint density at radius 1 is 1.03 bits per heavy atom. The van der Waals surface area contributed by atoms with Crippen LogP contribution in [0.4, 0.5) is 0 Å². The largest absolute Gasteiger partial charge is 0.452 e. The maximum Gasteiger partial charge on any atom is 0.339 e. The smallest absolute Gasteiger partial charge is 0.339 e. The van der Waals surface area contributed by atoms with Crippen LogP contribution in [-0.4, -0.2) is 41.5 Å². The average Bonchev–Trinajstić information content (AvgIpc) is 2.77. The highest BCUT2D eigenvalue weighted by Crippen LogP contribution is 2.22. The molecule has 0 aliphatic carbocycles. The lowest BCUT2D eigenvalue weighted by molar-refractivity contribution is -0.134. The number of benzene rings is 2. The molecule has 3 aromatic rings. The molecule has 0 saturated heterocycles. The van der Waals surface area contributed by atoms with Gasteiger partial charge in [0.25, 0.3) is 5.91 Å². The summed E-state index contributed by atoms with van der Waals surface area (Å²) in [5.74, 6) is -0.936. The van der Waals surface area contributed by atoms with Crippen molar-refractivity contribution in [3.8, 4) is 0 Å². The Labute approximate surface area is 167 Å². The molecule has 0 fully saturated rings. The van der Waals surface area contributed by atoms with Crippen LogP contribution in [0.25, 0.3) is 16.5 Å². The summed E-state index contributed by atoms with van der Waals surface area (Å²) in [7, 11) is 0. The van der Waals surface area contributed by atoms with Crippen LogP contribution in [0.5, 0.6) is 0 Å². The Morgan fingerprint density at radius 2 is 1.79 bits per heavy atom. The maximum absolute atomic E-state index is 12.5. The molecule has 0 bridgehead atoms. The van der Waals surface area contributed by atoms with Crippen molar-refractivity contribution in [1.29, 1.82) is 0 Å². The Hall–Kier alpha value is -3.67. The minimum atomic E-state index is -0.682. The molecular formula is C23H20N2O4. The molecule has 0 atom stereocenters. The molecule has 1 aliphatic heterocycles. The summed E-state index contributed by atoms with van der Waals surface area (Å²) in [5, 5.41) is 0.581. The summed E-state index contributed by atoms with van der Waals surface area (Å²) >= 11 is 0. The SMILES string of the molecule is O=C(OCC(=O)N1CC=C(c2ccccc2)CC1)c1cc(=O)[nH]c2ccccc12. The van der Waals surface area contributed by atoms with E-state index in [9.17, 15) is 14.4 Å². The lowest BCUT2D eigenvalue weighted by Crippen LogP contribution is -2.37. The zero-order chi connectivity index (χ0) is 20.2. The molecule has 2 heterocycles. The number of H-pyrrole nitrogens is 1. The van der Waals surface area contributed by atoms with Gasteiger partial charge in [0.2, 0.25) is 5.56 Å². The molecule has 0 unspecified atom stereocenters. The van der Waals surface area contributed by atoms with Crippen LogP contribution >= 0.6 is 0 Å². The normalized spacial score (nSPS) is 13.8. The molecule has 1 aliphatic rings. The van der Waals surface area contributed by atoms with Gasteiger partial charge in [0, 0.05) is 30.1 Å². The first-order valence-corrected chi connectivity index (χ1v) is 9.43. The van der Waals surface area contributed by atoms with Crippen molar-refractivity contribution >= 4 is 28.4 Å². The minimum Gasteiger partial charge on any atom is -0.452 e. The quantitative estimate of drug-likeness (QED) is 0.697. The van der Waals surface area contributed by atoms with Gasteiger partial charge in [-0.05, 0) is 23.6 Å². The monoisotopic (exact) mass is 388 g/mol. The first kappa shape index (κ1) is 18.7. The Balaban J connectivity index is 1.40. The van der Waals surface area contributed by atoms with E-state index in [1.165, 1.54) is 11.6 Å². The Kier molecular flexibility index (Phi) is 5.24. The number of para-hydroxylation sites is 1. The zero-order valence-electron chi connectivity index (χ0n) is 15.8. The first-order chi connectivity index (χ1) is 14.1. The lowest BCUT2D eigenvalue weighted by Gasteiger charge is -2.26. The van der Waals surface area contributed by atoms with E-state index in [1.54, 1.807) is 29.2 Å². The summed E-state index contributed by atoms with van der Waals surface area (Å²) in [4.78, 5) is 41.1. The van der Waals surface area contributed by atoms with Gasteiger partial charge < -0.3 is 14.6 Å². The number of aromatic nitrogens is 1. The highest BCUT2D eigenvalue weighted by Gasteiger charge is 2.20. The Bertz CT molecular complexity index is 1150. The van der Waals surface area contributed by atoms with E-state index in [4.69, 9.17) is 4.74 Å². The topological polar surface area (TPSA) is 79.5 Å². The van der Waals surface area contributed by atoms with Gasteiger partial charge >= 0.3 is 5.97 Å². The van der Waals surface area contributed by atoms with E-state index < -0.39 is 11.5 Å². The van der Waals surface area contributed by atoms with E-state index in [0.717, 1.165) is 12.0 Å². The number of ether oxygens (including phenoxy) is 1. The molecule has 6 nitrogen and oxygen atoms in total. The van der Waals surface area contributed by atoms with Crippen LogP contribution in [0.1, 0.15) is 22.3 Å². The number of amides is 1. The Morgan fingerprint density at radius 3 is 2.55 bits per heavy atom. The van der Waals surface area contributed by atoms with E-state index in [2.05, 4.69) is 17.1 Å². The highest BCUT2D eigenvalue weighted by molar-refractivity contribution is 6.03. The molecule has 6 heteroatoms. The number of carbonyl (C=O) groups excluding carboxylic acids is 2. The molecular weight excluding hydrogens is 368 g/mol. The van der Waals surface area contributed by atoms with Gasteiger partial charge in [0.15, 0.2) is 6.61 Å². The zero-order valence-corrected chi connectivity index (χ0v) is 15.8. The average molecular weight is 388 g/mol. The third-order valence-corrected chi connectivity index (χ3v) is 5.00. The second kappa shape index (κ2) is 8.14. The van der Waals surface area contributed by atoms with Crippen molar-refractivity contribution in [2.75, 3.05) is 19.7 Å². The fourth-order valence-corrected chi connectivity index (χ4v) is 3.48. The number of nitrogens with zero attached hydrogens (tertiary/aromatic N) is 1. The maximum atomic E-state index is 12.5. The predicted molar refractivity (Wildman–Crippen MR) is 110 cm³/mol. The van der Waals surface area contributed by atoms with Crippen LogP contribution in [0.3, 0.4) is 0 Å². The van der Waals surface area contributed by atoms with Crippen molar-refractivity contribution in [2.24, 2.45) is 0 Å². The molecule has 4 rings (SSSR count). The van der Waals surface area contributed by atoms with E-state index in [0.29, 0.717) is 24.0 Å². The molecule has 1 N–H and O–H groups in total. The number of aromatic amines is 1. The molecule has 29 heavy (non-hydrogen) atoms. The standard InChI is InChI=1S/C23H20N2O4/c26-21-14-19(18-8-4-5-9-20(18)24-21)23(28)29-15-22(27)25-12-10-17(11-13-25)16-6-2-1-3-7-16/h1-10,14H,11-13,15H2,(H,24,26). The van der Waals surface area contributed by atoms with E-state index in [1.807, 2.05) is 24.3 Å². The number of hydrogen-bond acceptors (Lipinski definition) is 4. The third kappa shape index (κ3) is 4.11. The van der Waals surface area contributed by atoms with Crippen LogP contribution in [0.2, 0.25) is 0 Å². The van der Waals surface area contributed by atoms with Gasteiger partial charge in [-0.25, -0.2) is 4.79 Å². The van der Waals surface area contributed by atoms with E-state index in [-0.39, 0.29) is 18.1 Å². The predicted octanol–water partition coefficient (Wildman–Crippen LogP) is 3.00. The molecule has 1 aromatic heterocycles. The van der Waals surface area contributed by atoms with E-state index >= 15 is 0 Å². The number of fused-ring (bicyclic) bond motifs is 1. The summed E-state index contributed by atoms with van der Waals surface area (Å²) in [6.07, 6.45) is 2.78. The minimum absolute atomic E-state index is 0.155. The van der Waals surface area contributed by atoms with Crippen molar-refractivity contribution in [3.05, 3.63) is 88.2 Å². The first-order valence-electron chi connectivity index (χ1n) is 9.43. The summed E-state index contributed by atoms with van der Waals surface area (Å²) in [5.41, 5.74) is 2.68. The fourth-order valence-electron chi connectivity index (χ4n) is 3.48. The second-order valence-electron chi connectivity index (χ2n) is 6.85. The van der Waals surface area contributed by atoms with Gasteiger partial charge in [-0.2, -0.15) is 0 Å². The van der Waals surface area contributed by atoms with Gasteiger partial charge in [-0.1, -0.05) is 54.6 Å². The summed E-state index contributed by atoms with van der Waals surface area (Å²) in [6, 6.07) is 18.2. The molecule has 1 amide bonds. The van der Waals surface area contributed by atoms with Gasteiger partial charge in [-0.15, -0.1) is 0 Å². The van der Waals surface area contributed by atoms with Gasteiger partial charge in [-0.3, -0.25) is 9.59 Å². The fraction of sp³-hybridized carbons (Fsp3) is 0.174. The third-order valence-electron chi connectivity index (χ3n) is 5.00. The number of pyridine rings is 1. The molecule has 0 saturated carbocycles. The van der Waals surface area contributed by atoms with Crippen LogP contribution in [0.15, 0.2) is 71.5 Å². The van der Waals surface area contributed by atoms with Crippen molar-refractivity contribution in [3.63, 3.8) is 0 Å². The van der Waals surface area contributed by atoms with Crippen molar-refractivity contribution in [1.82, 2.24) is 9.88 Å². The number of carbonyl (C=O) groups is 2. The van der Waals surface area contributed by atoms with Gasteiger partial charge in [0.1, 0.15) is 0 Å². The highest BCUT2D eigenvalue weighted by atomic mass is 16.5. The number of rotatable bonds is 4. The summed E-state index contributed by atoms with van der Waals surface area (Å²) in [6.45, 7) is 0.702. The van der Waals surface area contributed by atoms with Crippen molar-refractivity contribution < 1.29 is 14.3 Å². The lowest BCUT2D eigenvalue weighted by atomic mass is 10.00. The number of esters is 1. The number of hydrogen-bond donors (Lipinski definition) is 1. The van der Waals surface area contributed by atoms with Crippen LogP contribution < -0.4 is 5.56 Å².